The van der Waals surface area contributed by atoms with Crippen molar-refractivity contribution in [2.24, 2.45) is 5.92 Å². The molecule has 0 radical (unpaired) electrons. The van der Waals surface area contributed by atoms with E-state index < -0.39 is 6.09 Å². The average molecular weight is 408 g/mol. The molecule has 1 heterocycles. The van der Waals surface area contributed by atoms with Crippen LogP contribution < -0.4 is 10.6 Å². The minimum Gasteiger partial charge on any atom is -0.445 e. The first-order chi connectivity index (χ1) is 14.6. The Labute approximate surface area is 176 Å². The number of Topliss-reactive ketones (excluding diaryl/α,β-unsaturated/α-hetero) is 1. The molecule has 1 unspecified atom stereocenters. The van der Waals surface area contributed by atoms with Gasteiger partial charge in [-0.3, -0.25) is 10.1 Å². The molecule has 0 spiro atoms. The first kappa shape index (κ1) is 20.6. The van der Waals surface area contributed by atoms with Crippen molar-refractivity contribution in [3.63, 3.8) is 0 Å². The number of ether oxygens (including phenoxy) is 1. The van der Waals surface area contributed by atoms with E-state index in [0.29, 0.717) is 6.54 Å². The summed E-state index contributed by atoms with van der Waals surface area (Å²) < 4.78 is 5.30. The number of aliphatic hydroxyl groups is 1. The van der Waals surface area contributed by atoms with Gasteiger partial charge in [-0.15, -0.1) is 0 Å². The van der Waals surface area contributed by atoms with Crippen molar-refractivity contribution in [3.8, 4) is 0 Å². The maximum atomic E-state index is 13.1. The van der Waals surface area contributed by atoms with Gasteiger partial charge in [0, 0.05) is 18.5 Å². The zero-order chi connectivity index (χ0) is 20.9. The number of amides is 1. The molecule has 1 amide bonds. The largest absolute Gasteiger partial charge is 0.445 e. The summed E-state index contributed by atoms with van der Waals surface area (Å²) in [5.74, 6) is 0.236. The Balaban J connectivity index is 1.25. The second kappa shape index (κ2) is 9.41. The van der Waals surface area contributed by atoms with Crippen LogP contribution in [0.25, 0.3) is 0 Å². The van der Waals surface area contributed by atoms with Gasteiger partial charge < -0.3 is 15.2 Å². The van der Waals surface area contributed by atoms with Gasteiger partial charge in [-0.25, -0.2) is 4.79 Å². The van der Waals surface area contributed by atoms with Crippen LogP contribution in [0.2, 0.25) is 0 Å². The highest BCUT2D eigenvalue weighted by molar-refractivity contribution is 5.88. The summed E-state index contributed by atoms with van der Waals surface area (Å²) in [6, 6.07) is 15.2. The summed E-state index contributed by atoms with van der Waals surface area (Å²) in [6.07, 6.45) is 2.69. The fraction of sp³-hybridized carbons (Fsp3) is 0.417. The lowest BCUT2D eigenvalue weighted by Crippen LogP contribution is -2.40. The quantitative estimate of drug-likeness (QED) is 0.682. The lowest BCUT2D eigenvalue weighted by Gasteiger charge is -2.29. The summed E-state index contributed by atoms with van der Waals surface area (Å²) in [4.78, 5) is 25.2. The van der Waals surface area contributed by atoms with E-state index in [1.165, 1.54) is 0 Å². The molecule has 30 heavy (non-hydrogen) atoms. The standard InChI is InChI=1S/C24H28N2O4/c27-14-17-6-11-21-19(12-17)13-25-22(21)23(28)18-7-9-20(10-8-18)26-24(29)30-15-16-4-2-1-3-5-16/h1-6,11-12,18,20,22,25,27H,7-10,13-15H2,(H,26,29). The SMILES string of the molecule is O=C(NC1CCC(C(=O)C2NCc3cc(CO)ccc32)CC1)OCc1ccccc1. The Morgan fingerprint density at radius 3 is 2.53 bits per heavy atom. The topological polar surface area (TPSA) is 87.7 Å². The van der Waals surface area contributed by atoms with Crippen molar-refractivity contribution in [1.82, 2.24) is 10.6 Å². The van der Waals surface area contributed by atoms with E-state index in [0.717, 1.165) is 47.9 Å². The van der Waals surface area contributed by atoms with Gasteiger partial charge in [-0.2, -0.15) is 0 Å². The van der Waals surface area contributed by atoms with Crippen molar-refractivity contribution in [3.05, 3.63) is 70.8 Å². The second-order valence-electron chi connectivity index (χ2n) is 8.16. The molecule has 2 aromatic carbocycles. The number of alkyl carbamates (subject to hydrolysis) is 1. The molecular formula is C24H28N2O4. The van der Waals surface area contributed by atoms with Crippen molar-refractivity contribution < 1.29 is 19.4 Å². The van der Waals surface area contributed by atoms with E-state index in [1.54, 1.807) is 0 Å². The maximum absolute atomic E-state index is 13.1. The maximum Gasteiger partial charge on any atom is 0.407 e. The molecule has 0 bridgehead atoms. The molecule has 1 atom stereocenters. The molecular weight excluding hydrogens is 380 g/mol. The van der Waals surface area contributed by atoms with E-state index in [-0.39, 0.29) is 37.0 Å². The van der Waals surface area contributed by atoms with Gasteiger partial charge in [0.15, 0.2) is 5.78 Å². The molecule has 1 aliphatic carbocycles. The zero-order valence-corrected chi connectivity index (χ0v) is 17.0. The van der Waals surface area contributed by atoms with Gasteiger partial charge in [0.25, 0.3) is 0 Å². The van der Waals surface area contributed by atoms with Crippen LogP contribution in [-0.2, 0) is 29.3 Å². The minimum absolute atomic E-state index is 0.00403. The first-order valence-electron chi connectivity index (χ1n) is 10.6. The van der Waals surface area contributed by atoms with E-state index in [1.807, 2.05) is 48.5 Å². The molecule has 4 rings (SSSR count). The third-order valence-corrected chi connectivity index (χ3v) is 6.15. The van der Waals surface area contributed by atoms with Crippen molar-refractivity contribution in [2.75, 3.05) is 0 Å². The first-order valence-corrected chi connectivity index (χ1v) is 10.6. The van der Waals surface area contributed by atoms with Crippen LogP contribution in [0.1, 0.15) is 54.0 Å². The summed E-state index contributed by atoms with van der Waals surface area (Å²) in [6.45, 7) is 0.922. The molecule has 1 aliphatic heterocycles. The number of nitrogens with one attached hydrogen (secondary N) is 2. The van der Waals surface area contributed by atoms with Crippen LogP contribution >= 0.6 is 0 Å². The van der Waals surface area contributed by atoms with Gasteiger partial charge in [0.05, 0.1) is 12.6 Å². The van der Waals surface area contributed by atoms with Crippen LogP contribution in [-0.4, -0.2) is 23.0 Å². The van der Waals surface area contributed by atoms with Crippen molar-refractivity contribution >= 4 is 11.9 Å². The third kappa shape index (κ3) is 4.71. The molecule has 6 heteroatoms. The van der Waals surface area contributed by atoms with E-state index in [9.17, 15) is 14.7 Å². The number of fused-ring (bicyclic) bond motifs is 1. The van der Waals surface area contributed by atoms with Gasteiger partial charge in [0.2, 0.25) is 0 Å². The van der Waals surface area contributed by atoms with Crippen LogP contribution in [0.5, 0.6) is 0 Å². The van der Waals surface area contributed by atoms with Gasteiger partial charge >= 0.3 is 6.09 Å². The number of aliphatic hydroxyl groups excluding tert-OH is 1. The Bertz CT molecular complexity index is 891. The molecule has 2 aliphatic rings. The molecule has 2 aromatic rings. The van der Waals surface area contributed by atoms with Gasteiger partial charge in [-0.05, 0) is 47.9 Å². The van der Waals surface area contributed by atoms with E-state index in [2.05, 4.69) is 10.6 Å². The van der Waals surface area contributed by atoms with Crippen molar-refractivity contribution in [1.29, 1.82) is 0 Å². The van der Waals surface area contributed by atoms with E-state index in [4.69, 9.17) is 4.74 Å². The third-order valence-electron chi connectivity index (χ3n) is 6.15. The molecule has 0 aromatic heterocycles. The summed E-state index contributed by atoms with van der Waals surface area (Å²) >= 11 is 0. The van der Waals surface area contributed by atoms with Crippen molar-refractivity contribution in [2.45, 2.75) is 57.5 Å². The van der Waals surface area contributed by atoms with Gasteiger partial charge in [-0.1, -0.05) is 48.5 Å². The number of hydrogen-bond donors (Lipinski definition) is 3. The minimum atomic E-state index is -0.403. The zero-order valence-electron chi connectivity index (χ0n) is 17.0. The molecule has 3 N–H and O–H groups in total. The number of rotatable bonds is 6. The number of carbonyl (C=O) groups excluding carboxylic acids is 2. The van der Waals surface area contributed by atoms with Crippen LogP contribution in [0.3, 0.4) is 0 Å². The summed E-state index contributed by atoms with van der Waals surface area (Å²) in [5.41, 5.74) is 3.95. The van der Waals surface area contributed by atoms with Gasteiger partial charge in [0.1, 0.15) is 6.61 Å². The highest BCUT2D eigenvalue weighted by atomic mass is 16.5. The number of carbonyl (C=O) groups is 2. The summed E-state index contributed by atoms with van der Waals surface area (Å²) in [5, 5.41) is 15.6. The Kier molecular flexibility index (Phi) is 6.45. The predicted molar refractivity (Wildman–Crippen MR) is 112 cm³/mol. The smallest absolute Gasteiger partial charge is 0.407 e. The fourth-order valence-electron chi connectivity index (χ4n) is 4.46. The Morgan fingerprint density at radius 2 is 1.80 bits per heavy atom. The van der Waals surface area contributed by atoms with Crippen LogP contribution in [0, 0.1) is 5.92 Å². The van der Waals surface area contributed by atoms with E-state index >= 15 is 0 Å². The van der Waals surface area contributed by atoms with Crippen LogP contribution in [0.4, 0.5) is 4.79 Å². The fourth-order valence-corrected chi connectivity index (χ4v) is 4.46. The lowest BCUT2D eigenvalue weighted by molar-refractivity contribution is -0.126. The molecule has 1 fully saturated rings. The Hall–Kier alpha value is -2.70. The lowest BCUT2D eigenvalue weighted by atomic mass is 9.80. The Morgan fingerprint density at radius 1 is 1.03 bits per heavy atom. The monoisotopic (exact) mass is 408 g/mol. The highest BCUT2D eigenvalue weighted by Crippen LogP contribution is 2.34. The average Bonchev–Trinajstić information content (AvgIpc) is 3.21. The number of benzene rings is 2. The summed E-state index contributed by atoms with van der Waals surface area (Å²) in [7, 11) is 0. The molecule has 6 nitrogen and oxygen atoms in total. The molecule has 1 saturated carbocycles. The molecule has 0 saturated heterocycles. The van der Waals surface area contributed by atoms with Crippen LogP contribution in [0.15, 0.2) is 48.5 Å². The normalized spacial score (nSPS) is 22.9. The number of ketones is 1. The predicted octanol–water partition coefficient (Wildman–Crippen LogP) is 3.38. The number of hydrogen-bond acceptors (Lipinski definition) is 5. The molecule has 158 valence electrons. The second-order valence-corrected chi connectivity index (χ2v) is 8.16. The highest BCUT2D eigenvalue weighted by Gasteiger charge is 2.35.